The van der Waals surface area contributed by atoms with E-state index >= 15 is 0 Å². The highest BCUT2D eigenvalue weighted by atomic mass is 35.5. The summed E-state index contributed by atoms with van der Waals surface area (Å²) in [5.41, 5.74) is -0.312. The van der Waals surface area contributed by atoms with Gasteiger partial charge < -0.3 is 5.32 Å². The summed E-state index contributed by atoms with van der Waals surface area (Å²) in [5.74, 6) is 0.0881. The number of rotatable bonds is 3. The lowest BCUT2D eigenvalue weighted by Crippen LogP contribution is -2.35. The van der Waals surface area contributed by atoms with Crippen LogP contribution in [0, 0.1) is 5.41 Å². The lowest BCUT2D eigenvalue weighted by molar-refractivity contribution is -0.128. The molecule has 0 aromatic carbocycles. The Morgan fingerprint density at radius 1 is 1.47 bits per heavy atom. The molecule has 0 spiro atoms. The van der Waals surface area contributed by atoms with Gasteiger partial charge in [0.15, 0.2) is 0 Å². The number of nitrogens with one attached hydrogen (secondary N) is 1. The molecular weight excluding hydrogens is 230 g/mol. The van der Waals surface area contributed by atoms with Gasteiger partial charge in [0.2, 0.25) is 5.91 Å². The van der Waals surface area contributed by atoms with Crippen molar-refractivity contribution in [2.45, 2.75) is 27.2 Å². The maximum absolute atomic E-state index is 11.5. The molecule has 0 bridgehead atoms. The van der Waals surface area contributed by atoms with E-state index in [0.717, 1.165) is 10.8 Å². The van der Waals surface area contributed by atoms with Crippen LogP contribution in [0.25, 0.3) is 0 Å². The fourth-order valence-corrected chi connectivity index (χ4v) is 2.14. The molecule has 1 N–H and O–H groups in total. The average Bonchev–Trinajstić information content (AvgIpc) is 2.49. The Kier molecular flexibility index (Phi) is 4.17. The number of amides is 1. The molecule has 0 saturated heterocycles. The van der Waals surface area contributed by atoms with Crippen molar-refractivity contribution in [3.63, 3.8) is 0 Å². The van der Waals surface area contributed by atoms with E-state index in [-0.39, 0.29) is 11.3 Å². The van der Waals surface area contributed by atoms with Crippen LogP contribution >= 0.6 is 22.9 Å². The topological polar surface area (TPSA) is 29.1 Å². The van der Waals surface area contributed by atoms with Crippen molar-refractivity contribution in [1.82, 2.24) is 5.32 Å². The SMILES string of the molecule is CC(C)(C)C(=O)NCCc1ccc(Cl)s1. The van der Waals surface area contributed by atoms with Crippen LogP contribution in [-0.4, -0.2) is 12.5 Å². The molecule has 15 heavy (non-hydrogen) atoms. The van der Waals surface area contributed by atoms with Gasteiger partial charge in [0.05, 0.1) is 4.34 Å². The van der Waals surface area contributed by atoms with Crippen molar-refractivity contribution in [3.05, 3.63) is 21.3 Å². The molecule has 0 radical (unpaired) electrons. The molecule has 1 rings (SSSR count). The van der Waals surface area contributed by atoms with E-state index < -0.39 is 0 Å². The van der Waals surface area contributed by atoms with Crippen LogP contribution in [0.5, 0.6) is 0 Å². The molecule has 0 unspecified atom stereocenters. The minimum atomic E-state index is -0.312. The minimum absolute atomic E-state index is 0.0881. The first-order valence-corrected chi connectivity index (χ1v) is 6.11. The Morgan fingerprint density at radius 2 is 2.13 bits per heavy atom. The van der Waals surface area contributed by atoms with E-state index in [1.165, 1.54) is 4.88 Å². The smallest absolute Gasteiger partial charge is 0.225 e. The summed E-state index contributed by atoms with van der Waals surface area (Å²) in [6, 6.07) is 3.88. The molecule has 1 aromatic rings. The number of carbonyl (C=O) groups excluding carboxylic acids is 1. The van der Waals surface area contributed by atoms with E-state index in [1.807, 2.05) is 32.9 Å². The number of thiophene rings is 1. The molecule has 1 heterocycles. The molecule has 0 aliphatic heterocycles. The Morgan fingerprint density at radius 3 is 2.60 bits per heavy atom. The zero-order chi connectivity index (χ0) is 11.5. The minimum Gasteiger partial charge on any atom is -0.355 e. The van der Waals surface area contributed by atoms with E-state index in [1.54, 1.807) is 11.3 Å². The Bertz CT molecular complexity index is 341. The summed E-state index contributed by atoms with van der Waals surface area (Å²) in [5, 5.41) is 2.90. The van der Waals surface area contributed by atoms with Crippen LogP contribution in [-0.2, 0) is 11.2 Å². The monoisotopic (exact) mass is 245 g/mol. The van der Waals surface area contributed by atoms with Gasteiger partial charge in [-0.15, -0.1) is 11.3 Å². The summed E-state index contributed by atoms with van der Waals surface area (Å²) in [7, 11) is 0. The maximum Gasteiger partial charge on any atom is 0.225 e. The number of hydrogen-bond acceptors (Lipinski definition) is 2. The van der Waals surface area contributed by atoms with E-state index in [2.05, 4.69) is 5.32 Å². The van der Waals surface area contributed by atoms with Crippen molar-refractivity contribution in [2.75, 3.05) is 6.54 Å². The van der Waals surface area contributed by atoms with Crippen LogP contribution in [0.4, 0.5) is 0 Å². The van der Waals surface area contributed by atoms with Gasteiger partial charge in [-0.3, -0.25) is 4.79 Å². The van der Waals surface area contributed by atoms with Crippen molar-refractivity contribution >= 4 is 28.8 Å². The lowest BCUT2D eigenvalue weighted by atomic mass is 9.96. The highest BCUT2D eigenvalue weighted by molar-refractivity contribution is 7.16. The second kappa shape index (κ2) is 4.99. The first-order chi connectivity index (χ1) is 6.89. The second-order valence-corrected chi connectivity index (χ2v) is 6.26. The summed E-state index contributed by atoms with van der Waals surface area (Å²) >= 11 is 7.37. The van der Waals surface area contributed by atoms with Crippen molar-refractivity contribution in [2.24, 2.45) is 5.41 Å². The molecule has 0 aliphatic carbocycles. The van der Waals surface area contributed by atoms with E-state index in [4.69, 9.17) is 11.6 Å². The van der Waals surface area contributed by atoms with Crippen LogP contribution in [0.15, 0.2) is 12.1 Å². The largest absolute Gasteiger partial charge is 0.355 e. The van der Waals surface area contributed by atoms with Gasteiger partial charge >= 0.3 is 0 Å². The summed E-state index contributed by atoms with van der Waals surface area (Å²) in [6.07, 6.45) is 0.846. The van der Waals surface area contributed by atoms with Crippen molar-refractivity contribution in [3.8, 4) is 0 Å². The molecule has 0 fully saturated rings. The Labute approximate surface area is 99.6 Å². The second-order valence-electron chi connectivity index (χ2n) is 4.46. The van der Waals surface area contributed by atoms with Gasteiger partial charge in [-0.2, -0.15) is 0 Å². The summed E-state index contributed by atoms with van der Waals surface area (Å²) < 4.78 is 0.798. The highest BCUT2D eigenvalue weighted by Gasteiger charge is 2.20. The summed E-state index contributed by atoms with van der Waals surface area (Å²) in [4.78, 5) is 12.7. The van der Waals surface area contributed by atoms with Crippen LogP contribution in [0.1, 0.15) is 25.6 Å². The van der Waals surface area contributed by atoms with E-state index in [0.29, 0.717) is 6.54 Å². The Balaban J connectivity index is 2.31. The quantitative estimate of drug-likeness (QED) is 0.871. The lowest BCUT2D eigenvalue weighted by Gasteiger charge is -2.17. The predicted molar refractivity (Wildman–Crippen MR) is 65.5 cm³/mol. The number of hydrogen-bond donors (Lipinski definition) is 1. The van der Waals surface area contributed by atoms with Gasteiger partial charge in [-0.1, -0.05) is 32.4 Å². The third-order valence-corrected chi connectivity index (χ3v) is 3.26. The molecule has 4 heteroatoms. The third-order valence-electron chi connectivity index (χ3n) is 1.97. The zero-order valence-corrected chi connectivity index (χ0v) is 10.8. The van der Waals surface area contributed by atoms with Gasteiger partial charge in [0.1, 0.15) is 0 Å². The molecule has 0 aliphatic rings. The van der Waals surface area contributed by atoms with Gasteiger partial charge in [-0.05, 0) is 18.6 Å². The van der Waals surface area contributed by atoms with Gasteiger partial charge in [0, 0.05) is 16.8 Å². The zero-order valence-electron chi connectivity index (χ0n) is 9.26. The average molecular weight is 246 g/mol. The molecule has 1 amide bonds. The van der Waals surface area contributed by atoms with Crippen molar-refractivity contribution < 1.29 is 4.79 Å². The predicted octanol–water partition coefficient (Wildman–Crippen LogP) is 3.11. The van der Waals surface area contributed by atoms with Gasteiger partial charge in [-0.25, -0.2) is 0 Å². The first kappa shape index (κ1) is 12.5. The number of halogens is 1. The van der Waals surface area contributed by atoms with Crippen LogP contribution in [0.3, 0.4) is 0 Å². The molecule has 1 aromatic heterocycles. The number of carbonyl (C=O) groups is 1. The normalized spacial score (nSPS) is 11.5. The summed E-state index contributed by atoms with van der Waals surface area (Å²) in [6.45, 7) is 6.39. The van der Waals surface area contributed by atoms with Crippen molar-refractivity contribution in [1.29, 1.82) is 0 Å². The van der Waals surface area contributed by atoms with Crippen LogP contribution in [0.2, 0.25) is 4.34 Å². The fourth-order valence-electron chi connectivity index (χ4n) is 1.05. The third kappa shape index (κ3) is 4.22. The van der Waals surface area contributed by atoms with Gasteiger partial charge in [0.25, 0.3) is 0 Å². The highest BCUT2D eigenvalue weighted by Crippen LogP contribution is 2.21. The molecule has 0 atom stereocenters. The Hall–Kier alpha value is -0.540. The molecule has 2 nitrogen and oxygen atoms in total. The van der Waals surface area contributed by atoms with Crippen LogP contribution < -0.4 is 5.32 Å². The fraction of sp³-hybridized carbons (Fsp3) is 0.545. The molecule has 0 saturated carbocycles. The van der Waals surface area contributed by atoms with E-state index in [9.17, 15) is 4.79 Å². The molecular formula is C11H16ClNOS. The molecule has 84 valence electrons. The standard InChI is InChI=1S/C11H16ClNOS/c1-11(2,3)10(14)13-7-6-8-4-5-9(12)15-8/h4-5H,6-7H2,1-3H3,(H,13,14). The first-order valence-electron chi connectivity index (χ1n) is 4.92. The maximum atomic E-state index is 11.5.